The van der Waals surface area contributed by atoms with Gasteiger partial charge in [-0.05, 0) is 57.8 Å². The number of benzene rings is 1. The first-order valence-electron chi connectivity index (χ1n) is 21.2. The third-order valence-corrected chi connectivity index (χ3v) is 10.5. The minimum Gasteiger partial charge on any atom is -0.326 e. The van der Waals surface area contributed by atoms with Gasteiger partial charge in [-0.2, -0.15) is 0 Å². The molecule has 0 saturated carbocycles. The summed E-state index contributed by atoms with van der Waals surface area (Å²) >= 11 is 0. The van der Waals surface area contributed by atoms with Gasteiger partial charge in [0.25, 0.3) is 0 Å². The highest BCUT2D eigenvalue weighted by atomic mass is 15.3. The number of hydrogen-bond donors (Lipinski definition) is 0. The standard InChI is InChI=1S/C25H54N.C19H34N/c1-5-8-11-14-17-20-23-26(4,24-21-18-15-12-9-6-2)25-22-19-16-13-10-7-3;1-4-7-15-20(16-8-5-2,17-9-6-3)18-19-13-11-10-12-14-19/h5-25H2,1-4H3;10-14H,4-9,15-18H2,1-3H3/q2*+1. The summed E-state index contributed by atoms with van der Waals surface area (Å²) in [7, 11) is 2.56. The molecule has 1 rings (SSSR count). The lowest BCUT2D eigenvalue weighted by Crippen LogP contribution is -2.49. The van der Waals surface area contributed by atoms with Crippen LogP contribution in [-0.2, 0) is 6.54 Å². The Bertz CT molecular complexity index is 651. The second kappa shape index (κ2) is 32.7. The van der Waals surface area contributed by atoms with Crippen molar-refractivity contribution in [3.8, 4) is 0 Å². The molecule has 0 fully saturated rings. The Kier molecular flexibility index (Phi) is 32.1. The van der Waals surface area contributed by atoms with Crippen LogP contribution in [0.1, 0.15) is 201 Å². The predicted octanol–water partition coefficient (Wildman–Crippen LogP) is 13.9. The monoisotopic (exact) mass is 645 g/mol. The van der Waals surface area contributed by atoms with Crippen molar-refractivity contribution >= 4 is 0 Å². The second-order valence-electron chi connectivity index (χ2n) is 15.3. The summed E-state index contributed by atoms with van der Waals surface area (Å²) in [4.78, 5) is 0. The molecule has 0 aliphatic rings. The van der Waals surface area contributed by atoms with Crippen LogP contribution in [0.3, 0.4) is 0 Å². The van der Waals surface area contributed by atoms with Gasteiger partial charge in [0, 0.05) is 5.56 Å². The molecule has 0 atom stereocenters. The van der Waals surface area contributed by atoms with E-state index in [1.54, 1.807) is 0 Å². The third-order valence-electron chi connectivity index (χ3n) is 10.5. The van der Waals surface area contributed by atoms with Crippen LogP contribution in [0.4, 0.5) is 0 Å². The van der Waals surface area contributed by atoms with Crippen LogP contribution in [0.5, 0.6) is 0 Å². The molecular formula is C44H88N2+2. The zero-order chi connectivity index (χ0) is 34.0. The van der Waals surface area contributed by atoms with E-state index in [9.17, 15) is 0 Å². The van der Waals surface area contributed by atoms with Crippen LogP contribution in [0.2, 0.25) is 0 Å². The van der Waals surface area contributed by atoms with E-state index < -0.39 is 0 Å². The number of hydrogen-bond acceptors (Lipinski definition) is 0. The van der Waals surface area contributed by atoms with Crippen molar-refractivity contribution in [2.45, 2.75) is 202 Å². The average molecular weight is 645 g/mol. The van der Waals surface area contributed by atoms with E-state index >= 15 is 0 Å². The Morgan fingerprint density at radius 1 is 0.348 bits per heavy atom. The predicted molar refractivity (Wildman–Crippen MR) is 211 cm³/mol. The fourth-order valence-corrected chi connectivity index (χ4v) is 7.18. The van der Waals surface area contributed by atoms with Gasteiger partial charge in [-0.3, -0.25) is 0 Å². The molecule has 0 aliphatic heterocycles. The minimum absolute atomic E-state index is 1.22. The average Bonchev–Trinajstić information content (AvgIpc) is 3.07. The molecule has 0 aliphatic carbocycles. The van der Waals surface area contributed by atoms with Crippen molar-refractivity contribution in [3.05, 3.63) is 35.9 Å². The summed E-state index contributed by atoms with van der Waals surface area (Å²) in [6, 6.07) is 11.1. The summed E-state index contributed by atoms with van der Waals surface area (Å²) < 4.78 is 2.66. The lowest BCUT2D eigenvalue weighted by molar-refractivity contribution is -0.941. The highest BCUT2D eigenvalue weighted by molar-refractivity contribution is 5.13. The van der Waals surface area contributed by atoms with Gasteiger partial charge in [0.05, 0.1) is 46.3 Å². The molecule has 2 heteroatoms. The normalized spacial score (nSPS) is 11.9. The molecule has 46 heavy (non-hydrogen) atoms. The minimum atomic E-state index is 1.22. The maximum absolute atomic E-state index is 2.56. The Labute approximate surface area is 292 Å². The van der Waals surface area contributed by atoms with E-state index in [0.29, 0.717) is 0 Å². The van der Waals surface area contributed by atoms with Crippen LogP contribution in [-0.4, -0.2) is 55.3 Å². The Morgan fingerprint density at radius 2 is 0.652 bits per heavy atom. The zero-order valence-corrected chi connectivity index (χ0v) is 33.2. The van der Waals surface area contributed by atoms with Crippen LogP contribution in [0.25, 0.3) is 0 Å². The molecule has 272 valence electrons. The highest BCUT2D eigenvalue weighted by Gasteiger charge is 2.26. The quantitative estimate of drug-likeness (QED) is 0.0541. The molecule has 0 aromatic heterocycles. The lowest BCUT2D eigenvalue weighted by Gasteiger charge is -2.39. The number of nitrogens with zero attached hydrogens (tertiary/aromatic N) is 2. The summed E-state index contributed by atoms with van der Waals surface area (Å²) in [5, 5.41) is 0. The Balaban J connectivity index is 0.000000909. The molecule has 0 unspecified atom stereocenters. The topological polar surface area (TPSA) is 0 Å². The van der Waals surface area contributed by atoms with Gasteiger partial charge in [-0.15, -0.1) is 0 Å². The van der Waals surface area contributed by atoms with Gasteiger partial charge in [-0.25, -0.2) is 0 Å². The van der Waals surface area contributed by atoms with Crippen LogP contribution in [0.15, 0.2) is 30.3 Å². The van der Waals surface area contributed by atoms with Gasteiger partial charge in [0.2, 0.25) is 0 Å². The fraction of sp³-hybridized carbons (Fsp3) is 0.864. The zero-order valence-electron chi connectivity index (χ0n) is 33.2. The van der Waals surface area contributed by atoms with Crippen molar-refractivity contribution in [1.29, 1.82) is 0 Å². The van der Waals surface area contributed by atoms with Crippen molar-refractivity contribution in [1.82, 2.24) is 0 Å². The molecule has 1 aromatic carbocycles. The number of quaternary nitrogens is 2. The van der Waals surface area contributed by atoms with Crippen molar-refractivity contribution in [2.75, 3.05) is 46.3 Å². The van der Waals surface area contributed by atoms with E-state index in [1.807, 2.05) is 0 Å². The van der Waals surface area contributed by atoms with E-state index in [1.165, 1.54) is 214 Å². The molecule has 0 amide bonds. The molecule has 0 bridgehead atoms. The molecular weight excluding hydrogens is 556 g/mol. The van der Waals surface area contributed by atoms with E-state index in [0.717, 1.165) is 0 Å². The molecule has 0 N–H and O–H groups in total. The van der Waals surface area contributed by atoms with Gasteiger partial charge < -0.3 is 8.97 Å². The molecule has 0 spiro atoms. The Morgan fingerprint density at radius 3 is 0.978 bits per heavy atom. The second-order valence-corrected chi connectivity index (χ2v) is 15.3. The summed E-state index contributed by atoms with van der Waals surface area (Å²) in [6.07, 6.45) is 33.9. The van der Waals surface area contributed by atoms with Gasteiger partial charge in [0.15, 0.2) is 0 Å². The van der Waals surface area contributed by atoms with Gasteiger partial charge in [0.1, 0.15) is 6.54 Å². The van der Waals surface area contributed by atoms with Crippen LogP contribution in [0, 0.1) is 0 Å². The largest absolute Gasteiger partial charge is 0.326 e. The molecule has 2 nitrogen and oxygen atoms in total. The van der Waals surface area contributed by atoms with Gasteiger partial charge in [-0.1, -0.05) is 168 Å². The van der Waals surface area contributed by atoms with E-state index in [-0.39, 0.29) is 0 Å². The molecule has 1 aromatic rings. The fourth-order valence-electron chi connectivity index (χ4n) is 7.18. The summed E-state index contributed by atoms with van der Waals surface area (Å²) in [5.41, 5.74) is 1.51. The molecule has 0 saturated heterocycles. The first-order valence-corrected chi connectivity index (χ1v) is 21.2. The maximum atomic E-state index is 2.56. The highest BCUT2D eigenvalue weighted by Crippen LogP contribution is 2.20. The Hall–Kier alpha value is -0.860. The lowest BCUT2D eigenvalue weighted by atomic mass is 10.1. The summed E-state index contributed by atoms with van der Waals surface area (Å²) in [6.45, 7) is 23.5. The molecule has 0 heterocycles. The molecule has 0 radical (unpaired) electrons. The summed E-state index contributed by atoms with van der Waals surface area (Å²) in [5.74, 6) is 0. The number of unbranched alkanes of at least 4 members (excludes halogenated alkanes) is 18. The first-order chi connectivity index (χ1) is 22.4. The number of rotatable bonds is 32. The van der Waals surface area contributed by atoms with Crippen LogP contribution < -0.4 is 0 Å². The first kappa shape index (κ1) is 45.1. The van der Waals surface area contributed by atoms with Crippen molar-refractivity contribution in [2.24, 2.45) is 0 Å². The maximum Gasteiger partial charge on any atom is 0.104 e. The third kappa shape index (κ3) is 26.1. The van der Waals surface area contributed by atoms with Crippen LogP contribution >= 0.6 is 0 Å². The van der Waals surface area contributed by atoms with Crippen molar-refractivity contribution in [3.63, 3.8) is 0 Å². The van der Waals surface area contributed by atoms with E-state index in [2.05, 4.69) is 78.9 Å². The van der Waals surface area contributed by atoms with E-state index in [4.69, 9.17) is 0 Å². The smallest absolute Gasteiger partial charge is 0.104 e. The van der Waals surface area contributed by atoms with Gasteiger partial charge >= 0.3 is 0 Å². The van der Waals surface area contributed by atoms with Crippen molar-refractivity contribution < 1.29 is 8.97 Å². The SMILES string of the molecule is CCCCCCCC[N+](C)(CCCCCCCC)CCCCCCCC.CCCC[N+](CCCC)(CCCC)Cc1ccccc1.